The molecular formula is C21H42O4S. The topological polar surface area (TPSA) is 36.9 Å². The quantitative estimate of drug-likeness (QED) is 0.309. The predicted molar refractivity (Wildman–Crippen MR) is 111 cm³/mol. The molecule has 1 saturated heterocycles. The van der Waals surface area contributed by atoms with Crippen LogP contribution in [0.3, 0.4) is 0 Å². The molecule has 156 valence electrons. The maximum absolute atomic E-state index is 6.26. The summed E-state index contributed by atoms with van der Waals surface area (Å²) >= 11 is 1.82. The summed E-state index contributed by atoms with van der Waals surface area (Å²) in [6.07, 6.45) is 10.9. The van der Waals surface area contributed by atoms with E-state index in [1.807, 2.05) is 11.8 Å². The first kappa shape index (κ1) is 24.2. The summed E-state index contributed by atoms with van der Waals surface area (Å²) in [5.41, 5.74) is 0.0389. The Bertz CT molecular complexity index is 316. The molecule has 4 atom stereocenters. The van der Waals surface area contributed by atoms with Crippen LogP contribution in [-0.2, 0) is 18.9 Å². The average molecular weight is 391 g/mol. The highest BCUT2D eigenvalue weighted by molar-refractivity contribution is 8.00. The van der Waals surface area contributed by atoms with Crippen LogP contribution < -0.4 is 0 Å². The van der Waals surface area contributed by atoms with Crippen LogP contribution >= 0.6 is 11.8 Å². The van der Waals surface area contributed by atoms with Crippen molar-refractivity contribution in [3.63, 3.8) is 0 Å². The number of thioether (sulfide) groups is 1. The second kappa shape index (κ2) is 16.2. The molecule has 1 unspecified atom stereocenters. The summed E-state index contributed by atoms with van der Waals surface area (Å²) in [5, 5.41) is 0.291. The van der Waals surface area contributed by atoms with E-state index in [-0.39, 0.29) is 17.6 Å². The Labute approximate surface area is 166 Å². The van der Waals surface area contributed by atoms with Crippen LogP contribution in [0.2, 0.25) is 0 Å². The van der Waals surface area contributed by atoms with Crippen molar-refractivity contribution >= 4 is 11.8 Å². The van der Waals surface area contributed by atoms with Crippen LogP contribution in [0.15, 0.2) is 0 Å². The fourth-order valence-corrected chi connectivity index (χ4v) is 4.53. The minimum absolute atomic E-state index is 0.00723. The monoisotopic (exact) mass is 390 g/mol. The Morgan fingerprint density at radius 3 is 2.00 bits per heavy atom. The highest BCUT2D eigenvalue weighted by Crippen LogP contribution is 2.39. The molecule has 1 fully saturated rings. The Morgan fingerprint density at radius 2 is 1.31 bits per heavy atom. The van der Waals surface area contributed by atoms with Crippen molar-refractivity contribution in [3.8, 4) is 0 Å². The molecule has 0 N–H and O–H groups in total. The summed E-state index contributed by atoms with van der Waals surface area (Å²) in [6, 6.07) is 0. The van der Waals surface area contributed by atoms with Crippen LogP contribution in [0.25, 0.3) is 0 Å². The molecule has 4 nitrogen and oxygen atoms in total. The lowest BCUT2D eigenvalue weighted by molar-refractivity contribution is -0.103. The fourth-order valence-electron chi connectivity index (χ4n) is 3.13. The molecule has 0 saturated carbocycles. The number of hydrogen-bond donors (Lipinski definition) is 0. The number of ether oxygens (including phenoxy) is 4. The molecule has 1 rings (SSSR count). The Hall–Kier alpha value is 0.190. The Kier molecular flexibility index (Phi) is 15.1. The molecule has 0 aromatic rings. The van der Waals surface area contributed by atoms with Gasteiger partial charge in [-0.15, -0.1) is 11.8 Å². The van der Waals surface area contributed by atoms with Crippen molar-refractivity contribution in [3.05, 3.63) is 0 Å². The van der Waals surface area contributed by atoms with Gasteiger partial charge in [-0.3, -0.25) is 0 Å². The molecule has 0 radical (unpaired) electrons. The maximum Gasteiger partial charge on any atom is 0.132 e. The minimum atomic E-state index is 0.00723. The smallest absolute Gasteiger partial charge is 0.132 e. The normalized spacial score (nSPS) is 25.8. The molecule has 0 bridgehead atoms. The number of methoxy groups -OCH3 is 1. The SMILES string of the molecule is CCCCCCCO[C@@H]1C(OC)S[C@H](COCCCC)[C@H]1OCCCC. The third-order valence-electron chi connectivity index (χ3n) is 4.79. The van der Waals surface area contributed by atoms with E-state index < -0.39 is 0 Å². The van der Waals surface area contributed by atoms with Crippen molar-refractivity contribution in [2.75, 3.05) is 33.5 Å². The first-order chi connectivity index (χ1) is 12.8. The highest BCUT2D eigenvalue weighted by atomic mass is 32.2. The number of rotatable bonds is 17. The van der Waals surface area contributed by atoms with E-state index in [1.54, 1.807) is 7.11 Å². The summed E-state index contributed by atoms with van der Waals surface area (Å²) in [7, 11) is 1.78. The molecule has 5 heteroatoms. The van der Waals surface area contributed by atoms with Crippen LogP contribution in [-0.4, -0.2) is 56.4 Å². The molecule has 0 aromatic heterocycles. The molecule has 0 spiro atoms. The standard InChI is InChI=1S/C21H42O4S/c1-5-8-11-12-13-16-25-20-19(24-15-10-7-3)18(26-21(20)22-4)17-23-14-9-6-2/h18-21H,5-17H2,1-4H3/t18-,19-,20+,21?/m1/s1. The van der Waals surface area contributed by atoms with Gasteiger partial charge in [-0.05, 0) is 19.3 Å². The summed E-state index contributed by atoms with van der Waals surface area (Å²) < 4.78 is 24.1. The largest absolute Gasteiger partial charge is 0.380 e. The molecule has 0 amide bonds. The van der Waals surface area contributed by atoms with E-state index >= 15 is 0 Å². The van der Waals surface area contributed by atoms with Gasteiger partial charge in [0.25, 0.3) is 0 Å². The lowest BCUT2D eigenvalue weighted by atomic mass is 10.1. The molecule has 0 aliphatic carbocycles. The van der Waals surface area contributed by atoms with Gasteiger partial charge in [0.05, 0.1) is 11.9 Å². The van der Waals surface area contributed by atoms with E-state index in [9.17, 15) is 0 Å². The molecule has 1 heterocycles. The molecule has 0 aromatic carbocycles. The van der Waals surface area contributed by atoms with Crippen molar-refractivity contribution in [2.24, 2.45) is 0 Å². The fraction of sp³-hybridized carbons (Fsp3) is 1.00. The molecule has 26 heavy (non-hydrogen) atoms. The predicted octanol–water partition coefficient (Wildman–Crippen LogP) is 5.43. The summed E-state index contributed by atoms with van der Waals surface area (Å²) in [4.78, 5) is 0. The second-order valence-corrected chi connectivity index (χ2v) is 8.49. The van der Waals surface area contributed by atoms with Gasteiger partial charge in [-0.2, -0.15) is 0 Å². The van der Waals surface area contributed by atoms with Gasteiger partial charge in [-0.1, -0.05) is 59.3 Å². The second-order valence-electron chi connectivity index (χ2n) is 7.15. The zero-order chi connectivity index (χ0) is 19.0. The van der Waals surface area contributed by atoms with Crippen LogP contribution in [0, 0.1) is 0 Å². The third kappa shape index (κ3) is 9.41. The van der Waals surface area contributed by atoms with E-state index in [0.29, 0.717) is 5.25 Å². The van der Waals surface area contributed by atoms with Gasteiger partial charge in [0.1, 0.15) is 17.6 Å². The third-order valence-corrected chi connectivity index (χ3v) is 6.27. The Morgan fingerprint density at radius 1 is 0.692 bits per heavy atom. The Balaban J connectivity index is 2.50. The van der Waals surface area contributed by atoms with Crippen molar-refractivity contribution in [1.29, 1.82) is 0 Å². The summed E-state index contributed by atoms with van der Waals surface area (Å²) in [6.45, 7) is 9.77. The highest BCUT2D eigenvalue weighted by Gasteiger charge is 2.46. The van der Waals surface area contributed by atoms with Gasteiger partial charge in [-0.25, -0.2) is 0 Å². The zero-order valence-electron chi connectivity index (χ0n) is 17.5. The van der Waals surface area contributed by atoms with Crippen LogP contribution in [0.1, 0.15) is 78.6 Å². The van der Waals surface area contributed by atoms with E-state index in [1.165, 1.54) is 32.1 Å². The van der Waals surface area contributed by atoms with Gasteiger partial charge in [0, 0.05) is 26.9 Å². The first-order valence-corrected chi connectivity index (χ1v) is 11.7. The van der Waals surface area contributed by atoms with Gasteiger partial charge in [0.2, 0.25) is 0 Å². The lowest BCUT2D eigenvalue weighted by Gasteiger charge is -2.26. The first-order valence-electron chi connectivity index (χ1n) is 10.8. The van der Waals surface area contributed by atoms with Crippen LogP contribution in [0.4, 0.5) is 0 Å². The van der Waals surface area contributed by atoms with Crippen molar-refractivity contribution in [1.82, 2.24) is 0 Å². The average Bonchev–Trinajstić information content (AvgIpc) is 2.99. The van der Waals surface area contributed by atoms with Crippen molar-refractivity contribution < 1.29 is 18.9 Å². The molecule has 1 aliphatic rings. The van der Waals surface area contributed by atoms with Gasteiger partial charge in [0.15, 0.2) is 0 Å². The minimum Gasteiger partial charge on any atom is -0.380 e. The van der Waals surface area contributed by atoms with E-state index in [2.05, 4.69) is 20.8 Å². The maximum atomic E-state index is 6.26. The van der Waals surface area contributed by atoms with Gasteiger partial charge < -0.3 is 18.9 Å². The molecule has 1 aliphatic heterocycles. The lowest BCUT2D eigenvalue weighted by Crippen LogP contribution is -2.40. The molecular weight excluding hydrogens is 348 g/mol. The zero-order valence-corrected chi connectivity index (χ0v) is 18.4. The van der Waals surface area contributed by atoms with Crippen molar-refractivity contribution in [2.45, 2.75) is 101 Å². The van der Waals surface area contributed by atoms with Crippen LogP contribution in [0.5, 0.6) is 0 Å². The number of hydrogen-bond acceptors (Lipinski definition) is 5. The van der Waals surface area contributed by atoms with Gasteiger partial charge >= 0.3 is 0 Å². The van der Waals surface area contributed by atoms with E-state index in [4.69, 9.17) is 18.9 Å². The summed E-state index contributed by atoms with van der Waals surface area (Å²) in [5.74, 6) is 0. The number of unbranched alkanes of at least 4 members (excludes halogenated alkanes) is 6. The van der Waals surface area contributed by atoms with E-state index in [0.717, 1.165) is 52.1 Å².